The Hall–Kier alpha value is -3.18. The van der Waals surface area contributed by atoms with Crippen LogP contribution < -0.4 is 15.2 Å². The van der Waals surface area contributed by atoms with Crippen LogP contribution in [-0.4, -0.2) is 27.9 Å². The second-order valence-corrected chi connectivity index (χ2v) is 8.94. The number of anilines is 1. The molecule has 4 heterocycles. The second kappa shape index (κ2) is 9.70. The van der Waals surface area contributed by atoms with Crippen molar-refractivity contribution in [1.82, 2.24) is 14.8 Å². The van der Waals surface area contributed by atoms with Crippen molar-refractivity contribution in [2.45, 2.75) is 44.6 Å². The van der Waals surface area contributed by atoms with Crippen LogP contribution in [0.4, 0.5) is 23.2 Å². The van der Waals surface area contributed by atoms with Crippen LogP contribution in [0.2, 0.25) is 5.02 Å². The van der Waals surface area contributed by atoms with Crippen molar-refractivity contribution in [3.05, 3.63) is 74.7 Å². The van der Waals surface area contributed by atoms with E-state index in [1.165, 1.54) is 23.1 Å². The van der Waals surface area contributed by atoms with Crippen LogP contribution in [0.25, 0.3) is 0 Å². The third-order valence-electron chi connectivity index (χ3n) is 6.24. The molecule has 0 aliphatic carbocycles. The molecular formula is C24H21ClF4N4O3. The SMILES string of the molecule is O=c1c(Cl)c(N2CCc3c(Oc4ccc(F)cc4C(F)(F)F)ccnc3C2)cnn1C1CCCCO1. The van der Waals surface area contributed by atoms with E-state index in [-0.39, 0.29) is 17.3 Å². The first-order valence-corrected chi connectivity index (χ1v) is 11.8. The number of fused-ring (bicyclic) bond motifs is 1. The Morgan fingerprint density at radius 3 is 2.75 bits per heavy atom. The van der Waals surface area contributed by atoms with E-state index in [9.17, 15) is 22.4 Å². The highest BCUT2D eigenvalue weighted by Crippen LogP contribution is 2.40. The second-order valence-electron chi connectivity index (χ2n) is 8.56. The van der Waals surface area contributed by atoms with E-state index in [1.807, 2.05) is 4.90 Å². The summed E-state index contributed by atoms with van der Waals surface area (Å²) >= 11 is 6.44. The first-order valence-electron chi connectivity index (χ1n) is 11.4. The first-order chi connectivity index (χ1) is 17.2. The Morgan fingerprint density at radius 2 is 2.00 bits per heavy atom. The zero-order chi connectivity index (χ0) is 25.4. The van der Waals surface area contributed by atoms with Gasteiger partial charge >= 0.3 is 6.18 Å². The fourth-order valence-corrected chi connectivity index (χ4v) is 4.69. The van der Waals surface area contributed by atoms with Crippen LogP contribution >= 0.6 is 11.6 Å². The number of ether oxygens (including phenoxy) is 2. The maximum atomic E-state index is 13.5. The molecule has 0 saturated carbocycles. The smallest absolute Gasteiger partial charge is 0.420 e. The minimum atomic E-state index is -4.78. The predicted octanol–water partition coefficient (Wildman–Crippen LogP) is 5.50. The van der Waals surface area contributed by atoms with Crippen molar-refractivity contribution in [1.29, 1.82) is 0 Å². The normalized spacial score (nSPS) is 18.1. The Balaban J connectivity index is 1.40. The number of pyridine rings is 1. The molecule has 0 bridgehead atoms. The van der Waals surface area contributed by atoms with Gasteiger partial charge in [-0.1, -0.05) is 11.6 Å². The summed E-state index contributed by atoms with van der Waals surface area (Å²) in [6, 6.07) is 3.74. The lowest BCUT2D eigenvalue weighted by Crippen LogP contribution is -2.36. The molecule has 1 aromatic carbocycles. The van der Waals surface area contributed by atoms with Crippen LogP contribution in [-0.2, 0) is 23.9 Å². The zero-order valence-electron chi connectivity index (χ0n) is 18.9. The summed E-state index contributed by atoms with van der Waals surface area (Å²) in [5, 5.41) is 4.29. The van der Waals surface area contributed by atoms with Gasteiger partial charge in [0, 0.05) is 24.9 Å². The molecule has 0 amide bonds. The van der Waals surface area contributed by atoms with Gasteiger partial charge in [0.15, 0.2) is 6.23 Å². The van der Waals surface area contributed by atoms with Gasteiger partial charge in [-0.05, 0) is 49.9 Å². The van der Waals surface area contributed by atoms with Crippen LogP contribution in [0.5, 0.6) is 11.5 Å². The molecule has 2 aliphatic rings. The fraction of sp³-hybridized carbons (Fsp3) is 0.375. The van der Waals surface area contributed by atoms with Gasteiger partial charge in [-0.2, -0.15) is 23.0 Å². The molecule has 0 radical (unpaired) electrons. The molecule has 7 nitrogen and oxygen atoms in total. The summed E-state index contributed by atoms with van der Waals surface area (Å²) in [7, 11) is 0. The summed E-state index contributed by atoms with van der Waals surface area (Å²) in [6.45, 7) is 1.20. The lowest BCUT2D eigenvalue weighted by atomic mass is 10.0. The van der Waals surface area contributed by atoms with Crippen molar-refractivity contribution >= 4 is 17.3 Å². The van der Waals surface area contributed by atoms with E-state index in [4.69, 9.17) is 21.1 Å². The third-order valence-corrected chi connectivity index (χ3v) is 6.59. The Kier molecular flexibility index (Phi) is 6.60. The Bertz CT molecular complexity index is 1340. The highest BCUT2D eigenvalue weighted by atomic mass is 35.5. The van der Waals surface area contributed by atoms with Gasteiger partial charge in [-0.25, -0.2) is 4.39 Å². The largest absolute Gasteiger partial charge is 0.456 e. The average molecular weight is 525 g/mol. The van der Waals surface area contributed by atoms with Gasteiger partial charge in [0.25, 0.3) is 5.56 Å². The number of aromatic nitrogens is 3. The monoisotopic (exact) mass is 524 g/mol. The minimum absolute atomic E-state index is 0.0103. The quantitative estimate of drug-likeness (QED) is 0.420. The van der Waals surface area contributed by atoms with Crippen LogP contribution in [0, 0.1) is 5.82 Å². The molecule has 3 aromatic rings. The molecule has 190 valence electrons. The number of hydrogen-bond acceptors (Lipinski definition) is 6. The molecule has 12 heteroatoms. The number of alkyl halides is 3. The number of hydrogen-bond donors (Lipinski definition) is 0. The summed E-state index contributed by atoms with van der Waals surface area (Å²) in [6.07, 6.45) is 0.611. The minimum Gasteiger partial charge on any atom is -0.456 e. The lowest BCUT2D eigenvalue weighted by molar-refractivity contribution is -0.138. The van der Waals surface area contributed by atoms with Crippen molar-refractivity contribution in [3.8, 4) is 11.5 Å². The maximum absolute atomic E-state index is 13.5. The lowest BCUT2D eigenvalue weighted by Gasteiger charge is -2.31. The van der Waals surface area contributed by atoms with Gasteiger partial charge in [0.1, 0.15) is 27.9 Å². The van der Waals surface area contributed by atoms with E-state index in [0.29, 0.717) is 49.0 Å². The van der Waals surface area contributed by atoms with Crippen molar-refractivity contribution < 1.29 is 27.0 Å². The molecule has 2 aromatic heterocycles. The molecule has 0 N–H and O–H groups in total. The number of benzene rings is 1. The van der Waals surface area contributed by atoms with Crippen LogP contribution in [0.1, 0.15) is 42.3 Å². The number of rotatable bonds is 4. The van der Waals surface area contributed by atoms with E-state index in [1.54, 1.807) is 0 Å². The topological polar surface area (TPSA) is 69.5 Å². The van der Waals surface area contributed by atoms with Gasteiger partial charge in [-0.3, -0.25) is 9.78 Å². The fourth-order valence-electron chi connectivity index (χ4n) is 4.44. The van der Waals surface area contributed by atoms with E-state index in [0.717, 1.165) is 25.0 Å². The van der Waals surface area contributed by atoms with Crippen molar-refractivity contribution in [2.75, 3.05) is 18.1 Å². The van der Waals surface area contributed by atoms with Crippen molar-refractivity contribution in [2.24, 2.45) is 0 Å². The molecule has 1 atom stereocenters. The molecule has 1 saturated heterocycles. The predicted molar refractivity (Wildman–Crippen MR) is 123 cm³/mol. The van der Waals surface area contributed by atoms with E-state index >= 15 is 0 Å². The van der Waals surface area contributed by atoms with E-state index < -0.39 is 35.1 Å². The summed E-state index contributed by atoms with van der Waals surface area (Å²) in [5.74, 6) is -1.31. The van der Waals surface area contributed by atoms with Crippen LogP contribution in [0.3, 0.4) is 0 Å². The molecule has 1 fully saturated rings. The third kappa shape index (κ3) is 4.77. The van der Waals surface area contributed by atoms with Gasteiger partial charge < -0.3 is 14.4 Å². The summed E-state index contributed by atoms with van der Waals surface area (Å²) in [4.78, 5) is 19.1. The first kappa shape index (κ1) is 24.5. The standard InChI is InChI=1S/C24H21ClF4N4O3/c25-22-18(12-31-33(23(22)34)21-3-1-2-10-35-21)32-9-7-15-17(13-32)30-8-6-19(15)36-20-5-4-14(26)11-16(20)24(27,28)29/h4-6,8,11-12,21H,1-3,7,9-10,13H2. The molecule has 0 spiro atoms. The highest BCUT2D eigenvalue weighted by molar-refractivity contribution is 6.33. The zero-order valence-corrected chi connectivity index (χ0v) is 19.7. The van der Waals surface area contributed by atoms with Gasteiger partial charge in [0.05, 0.1) is 24.1 Å². The van der Waals surface area contributed by atoms with E-state index in [2.05, 4.69) is 10.1 Å². The summed E-state index contributed by atoms with van der Waals surface area (Å²) < 4.78 is 66.2. The Morgan fingerprint density at radius 1 is 1.17 bits per heavy atom. The van der Waals surface area contributed by atoms with Crippen LogP contribution in [0.15, 0.2) is 41.5 Å². The molecule has 36 heavy (non-hydrogen) atoms. The van der Waals surface area contributed by atoms with Crippen molar-refractivity contribution in [3.63, 3.8) is 0 Å². The van der Waals surface area contributed by atoms with Gasteiger partial charge in [-0.15, -0.1) is 0 Å². The summed E-state index contributed by atoms with van der Waals surface area (Å²) in [5.41, 5.74) is -0.0336. The Labute approximate surface area is 208 Å². The number of halogens is 5. The molecule has 5 rings (SSSR count). The molecular weight excluding hydrogens is 504 g/mol. The molecule has 2 aliphatic heterocycles. The molecule has 1 unspecified atom stereocenters. The average Bonchev–Trinajstić information content (AvgIpc) is 2.86. The van der Waals surface area contributed by atoms with Gasteiger partial charge in [0.2, 0.25) is 0 Å². The highest BCUT2D eigenvalue weighted by Gasteiger charge is 2.35. The number of nitrogens with zero attached hydrogens (tertiary/aromatic N) is 4. The maximum Gasteiger partial charge on any atom is 0.420 e.